The lowest BCUT2D eigenvalue weighted by molar-refractivity contribution is -0.885. The molecule has 5 heteroatoms. The highest BCUT2D eigenvalue weighted by atomic mass is 16.4. The molecule has 0 radical (unpaired) electrons. The van der Waals surface area contributed by atoms with E-state index < -0.39 is 0 Å². The molecule has 0 aliphatic heterocycles. The van der Waals surface area contributed by atoms with Crippen LogP contribution >= 0.6 is 0 Å². The van der Waals surface area contributed by atoms with Crippen molar-refractivity contribution in [3.05, 3.63) is 75.1 Å². The molecule has 0 saturated carbocycles. The minimum atomic E-state index is -0.358. The Bertz CT molecular complexity index is 1070. The quantitative estimate of drug-likeness (QED) is 0.647. The van der Waals surface area contributed by atoms with Gasteiger partial charge in [-0.1, -0.05) is 31.2 Å². The fraction of sp³-hybridized carbons (Fsp3) is 0.304. The van der Waals surface area contributed by atoms with Gasteiger partial charge >= 0.3 is 5.63 Å². The number of anilines is 1. The van der Waals surface area contributed by atoms with Crippen LogP contribution in [0.5, 0.6) is 0 Å². The summed E-state index contributed by atoms with van der Waals surface area (Å²) < 4.78 is 5.37. The molecule has 3 aromatic rings. The van der Waals surface area contributed by atoms with Crippen LogP contribution in [-0.4, -0.2) is 19.5 Å². The van der Waals surface area contributed by atoms with E-state index in [1.165, 1.54) is 6.07 Å². The van der Waals surface area contributed by atoms with Crippen molar-refractivity contribution in [1.29, 1.82) is 0 Å². The molecule has 0 saturated heterocycles. The Kier molecular flexibility index (Phi) is 5.95. The summed E-state index contributed by atoms with van der Waals surface area (Å²) in [6, 6.07) is 13.4. The first kappa shape index (κ1) is 19.8. The summed E-state index contributed by atoms with van der Waals surface area (Å²) in [7, 11) is 1.95. The van der Waals surface area contributed by atoms with E-state index in [1.54, 1.807) is 0 Å². The number of hydrogen-bond donors (Lipinski definition) is 2. The average Bonchev–Trinajstić information content (AvgIpc) is 2.64. The minimum absolute atomic E-state index is 0.0493. The normalized spacial score (nSPS) is 12.1. The maximum atomic E-state index is 12.5. The van der Waals surface area contributed by atoms with E-state index in [-0.39, 0.29) is 11.5 Å². The number of benzene rings is 2. The molecule has 146 valence electrons. The predicted molar refractivity (Wildman–Crippen MR) is 112 cm³/mol. The van der Waals surface area contributed by atoms with Crippen LogP contribution in [0.1, 0.15) is 29.2 Å². The SMILES string of the molecule is CCc1ccc2c(C[NH+](C)CC(=O)Nc3cccc(C)c3C)cc(=O)oc2c1. The first-order valence-electron chi connectivity index (χ1n) is 9.60. The number of carbonyl (C=O) groups excluding carboxylic acids is 1. The molecule has 3 rings (SSSR count). The molecule has 1 atom stereocenters. The van der Waals surface area contributed by atoms with Gasteiger partial charge < -0.3 is 14.6 Å². The van der Waals surface area contributed by atoms with E-state index in [0.29, 0.717) is 18.7 Å². The third-order valence-corrected chi connectivity index (χ3v) is 5.14. The third-order valence-electron chi connectivity index (χ3n) is 5.14. The van der Waals surface area contributed by atoms with Gasteiger partial charge in [0.15, 0.2) is 6.54 Å². The fourth-order valence-corrected chi connectivity index (χ4v) is 3.38. The molecule has 28 heavy (non-hydrogen) atoms. The molecule has 0 aliphatic carbocycles. The number of hydrogen-bond acceptors (Lipinski definition) is 3. The lowest BCUT2D eigenvalue weighted by Crippen LogP contribution is -3.08. The molecule has 0 fully saturated rings. The summed E-state index contributed by atoms with van der Waals surface area (Å²) in [4.78, 5) is 25.4. The van der Waals surface area contributed by atoms with Crippen LogP contribution in [0.25, 0.3) is 11.0 Å². The number of amides is 1. The second-order valence-corrected chi connectivity index (χ2v) is 7.38. The van der Waals surface area contributed by atoms with Crippen molar-refractivity contribution in [1.82, 2.24) is 0 Å². The number of carbonyl (C=O) groups is 1. The molecule has 2 N–H and O–H groups in total. The van der Waals surface area contributed by atoms with Crippen LogP contribution < -0.4 is 15.8 Å². The average molecular weight is 379 g/mol. The number of aryl methyl sites for hydroxylation is 2. The molecular formula is C23H27N2O3+. The first-order valence-corrected chi connectivity index (χ1v) is 9.60. The summed E-state index contributed by atoms with van der Waals surface area (Å²) in [5.41, 5.74) is 5.33. The molecule has 1 amide bonds. The van der Waals surface area contributed by atoms with Gasteiger partial charge in [-0.15, -0.1) is 0 Å². The maximum Gasteiger partial charge on any atom is 0.336 e. The molecule has 0 spiro atoms. The van der Waals surface area contributed by atoms with Crippen molar-refractivity contribution in [2.75, 3.05) is 18.9 Å². The van der Waals surface area contributed by atoms with Crippen molar-refractivity contribution >= 4 is 22.6 Å². The van der Waals surface area contributed by atoms with E-state index in [2.05, 4.69) is 12.2 Å². The Balaban J connectivity index is 1.74. The summed E-state index contributed by atoms with van der Waals surface area (Å²) >= 11 is 0. The number of likely N-dealkylation sites (N-methyl/N-ethyl adjacent to an activating group) is 1. The summed E-state index contributed by atoms with van der Waals surface area (Å²) in [6.07, 6.45) is 0.883. The number of nitrogens with one attached hydrogen (secondary N) is 2. The van der Waals surface area contributed by atoms with Crippen LogP contribution in [0.4, 0.5) is 5.69 Å². The molecule has 1 heterocycles. The van der Waals surface area contributed by atoms with Gasteiger partial charge in [-0.2, -0.15) is 0 Å². The lowest BCUT2D eigenvalue weighted by Gasteiger charge is -2.16. The minimum Gasteiger partial charge on any atom is -0.423 e. The Morgan fingerprint density at radius 2 is 1.93 bits per heavy atom. The molecule has 2 aromatic carbocycles. The molecule has 1 aromatic heterocycles. The highest BCUT2D eigenvalue weighted by molar-refractivity contribution is 5.92. The Morgan fingerprint density at radius 1 is 1.14 bits per heavy atom. The van der Waals surface area contributed by atoms with E-state index in [1.807, 2.05) is 57.3 Å². The van der Waals surface area contributed by atoms with Crippen LogP contribution in [0.15, 0.2) is 51.7 Å². The topological polar surface area (TPSA) is 63.8 Å². The van der Waals surface area contributed by atoms with Gasteiger partial charge in [0.25, 0.3) is 5.91 Å². The van der Waals surface area contributed by atoms with Gasteiger partial charge in [0.1, 0.15) is 12.1 Å². The van der Waals surface area contributed by atoms with Gasteiger partial charge in [0.2, 0.25) is 0 Å². The summed E-state index contributed by atoms with van der Waals surface area (Å²) in [5.74, 6) is -0.0493. The number of quaternary nitrogens is 1. The highest BCUT2D eigenvalue weighted by Gasteiger charge is 2.15. The van der Waals surface area contributed by atoms with Crippen molar-refractivity contribution in [2.24, 2.45) is 0 Å². The van der Waals surface area contributed by atoms with Crippen molar-refractivity contribution in [3.63, 3.8) is 0 Å². The fourth-order valence-electron chi connectivity index (χ4n) is 3.38. The van der Waals surface area contributed by atoms with E-state index in [0.717, 1.165) is 44.6 Å². The van der Waals surface area contributed by atoms with Gasteiger partial charge in [-0.25, -0.2) is 4.79 Å². The van der Waals surface area contributed by atoms with Crippen LogP contribution in [0, 0.1) is 13.8 Å². The number of fused-ring (bicyclic) bond motifs is 1. The van der Waals surface area contributed by atoms with Crippen LogP contribution in [0.3, 0.4) is 0 Å². The second kappa shape index (κ2) is 8.40. The van der Waals surface area contributed by atoms with Gasteiger partial charge in [0.05, 0.1) is 7.05 Å². The predicted octanol–water partition coefficient (Wildman–Crippen LogP) is 2.63. The lowest BCUT2D eigenvalue weighted by atomic mass is 10.1. The molecule has 0 aliphatic rings. The standard InChI is InChI=1S/C23H26N2O3/c1-5-17-9-10-19-18(12-23(27)28-21(19)11-17)13-25(4)14-22(26)24-20-8-6-7-15(2)16(20)3/h6-12H,5,13-14H2,1-4H3,(H,24,26)/p+1. The van der Waals surface area contributed by atoms with Gasteiger partial charge in [-0.05, 0) is 49.1 Å². The summed E-state index contributed by atoms with van der Waals surface area (Å²) in [6.45, 7) is 6.96. The first-order chi connectivity index (χ1) is 13.4. The van der Waals surface area contributed by atoms with E-state index >= 15 is 0 Å². The maximum absolute atomic E-state index is 12.5. The third kappa shape index (κ3) is 4.49. The summed E-state index contributed by atoms with van der Waals surface area (Å²) in [5, 5.41) is 3.91. The Hall–Kier alpha value is -2.92. The van der Waals surface area contributed by atoms with Crippen molar-refractivity contribution in [3.8, 4) is 0 Å². The molecular weight excluding hydrogens is 352 g/mol. The number of rotatable bonds is 6. The highest BCUT2D eigenvalue weighted by Crippen LogP contribution is 2.19. The van der Waals surface area contributed by atoms with Crippen molar-refractivity contribution < 1.29 is 14.1 Å². The zero-order chi connectivity index (χ0) is 20.3. The molecule has 0 bridgehead atoms. The zero-order valence-corrected chi connectivity index (χ0v) is 16.9. The Morgan fingerprint density at radius 3 is 2.68 bits per heavy atom. The second-order valence-electron chi connectivity index (χ2n) is 7.38. The van der Waals surface area contributed by atoms with Gasteiger partial charge in [0, 0.05) is 22.7 Å². The largest absolute Gasteiger partial charge is 0.423 e. The van der Waals surface area contributed by atoms with Crippen LogP contribution in [0.2, 0.25) is 0 Å². The smallest absolute Gasteiger partial charge is 0.336 e. The van der Waals surface area contributed by atoms with Crippen LogP contribution in [-0.2, 0) is 17.8 Å². The van der Waals surface area contributed by atoms with E-state index in [9.17, 15) is 9.59 Å². The Labute approximate surface area is 165 Å². The molecule has 1 unspecified atom stereocenters. The van der Waals surface area contributed by atoms with E-state index in [4.69, 9.17) is 4.42 Å². The molecule has 5 nitrogen and oxygen atoms in total. The zero-order valence-electron chi connectivity index (χ0n) is 16.9. The monoisotopic (exact) mass is 379 g/mol. The van der Waals surface area contributed by atoms with Crippen molar-refractivity contribution in [2.45, 2.75) is 33.7 Å². The van der Waals surface area contributed by atoms with Gasteiger partial charge in [-0.3, -0.25) is 4.79 Å².